The zero-order chi connectivity index (χ0) is 24.3. The number of carbonyl (C=O) groups excluding carboxylic acids is 2. The van der Waals surface area contributed by atoms with Crippen LogP contribution >= 0.6 is 11.6 Å². The molecule has 0 saturated carbocycles. The first-order chi connectivity index (χ1) is 15.1. The van der Waals surface area contributed by atoms with E-state index in [1.54, 1.807) is 44.2 Å². The molecule has 32 heavy (non-hydrogen) atoms. The van der Waals surface area contributed by atoms with Gasteiger partial charge in [0.15, 0.2) is 0 Å². The average molecular weight is 467 g/mol. The number of halogens is 2. The van der Waals surface area contributed by atoms with Crippen LogP contribution in [0.1, 0.15) is 50.9 Å². The van der Waals surface area contributed by atoms with Crippen LogP contribution in [0.15, 0.2) is 48.5 Å². The number of hydrogen-bond donors (Lipinski definition) is 4. The van der Waals surface area contributed by atoms with Gasteiger partial charge in [0.1, 0.15) is 5.82 Å². The predicted octanol–water partition coefficient (Wildman–Crippen LogP) is 3.78. The van der Waals surface area contributed by atoms with Crippen LogP contribution in [-0.4, -0.2) is 35.2 Å². The summed E-state index contributed by atoms with van der Waals surface area (Å²) < 4.78 is 12.7. The molecule has 176 valence electrons. The molecule has 0 aliphatic heterocycles. The van der Waals surface area contributed by atoms with E-state index in [1.165, 1.54) is 12.1 Å². The standard InChI is InChI=1S/C12H16ClNO2.C12H16FNO2/c1-8(2)12(16)14-11(7-15)9-4-3-5-10(13)6-9;1-8(2)12(16)14-11(7-15)9-3-5-10(13)6-4-9/h2*3-6,8,11,15H,7H2,1-2H3,(H,14,16). The summed E-state index contributed by atoms with van der Waals surface area (Å²) >= 11 is 5.85. The van der Waals surface area contributed by atoms with Crippen LogP contribution in [-0.2, 0) is 9.59 Å². The molecule has 8 heteroatoms. The molecule has 0 aliphatic rings. The predicted molar refractivity (Wildman–Crippen MR) is 123 cm³/mol. The molecule has 0 spiro atoms. The average Bonchev–Trinajstić information content (AvgIpc) is 2.76. The van der Waals surface area contributed by atoms with Gasteiger partial charge in [-0.15, -0.1) is 0 Å². The molecule has 2 aromatic rings. The first-order valence-electron chi connectivity index (χ1n) is 10.4. The van der Waals surface area contributed by atoms with Gasteiger partial charge in [0.05, 0.1) is 25.3 Å². The van der Waals surface area contributed by atoms with Crippen LogP contribution in [0.3, 0.4) is 0 Å². The Kier molecular flexibility index (Phi) is 11.9. The number of rotatable bonds is 8. The SMILES string of the molecule is CC(C)C(=O)NC(CO)c1ccc(F)cc1.CC(C)C(=O)NC(CO)c1cccc(Cl)c1. The quantitative estimate of drug-likeness (QED) is 0.476. The van der Waals surface area contributed by atoms with Crippen LogP contribution in [0, 0.1) is 17.7 Å². The summed E-state index contributed by atoms with van der Waals surface area (Å²) in [6.45, 7) is 6.81. The van der Waals surface area contributed by atoms with Crippen molar-refractivity contribution >= 4 is 23.4 Å². The van der Waals surface area contributed by atoms with Crippen molar-refractivity contribution in [3.63, 3.8) is 0 Å². The first kappa shape index (κ1) is 27.6. The minimum atomic E-state index is -0.476. The lowest BCUT2D eigenvalue weighted by atomic mass is 10.1. The highest BCUT2D eigenvalue weighted by Crippen LogP contribution is 2.18. The molecule has 2 amide bonds. The molecule has 0 radical (unpaired) electrons. The van der Waals surface area contributed by atoms with E-state index in [9.17, 15) is 24.2 Å². The van der Waals surface area contributed by atoms with Gasteiger partial charge in [-0.2, -0.15) is 0 Å². The van der Waals surface area contributed by atoms with E-state index in [0.29, 0.717) is 10.6 Å². The Balaban J connectivity index is 0.000000320. The maximum Gasteiger partial charge on any atom is 0.223 e. The van der Waals surface area contributed by atoms with E-state index in [1.807, 2.05) is 19.9 Å². The van der Waals surface area contributed by atoms with E-state index < -0.39 is 12.1 Å². The highest BCUT2D eigenvalue weighted by molar-refractivity contribution is 6.30. The Morgan fingerprint density at radius 1 is 0.844 bits per heavy atom. The van der Waals surface area contributed by atoms with Gasteiger partial charge in [-0.1, -0.05) is 63.6 Å². The van der Waals surface area contributed by atoms with E-state index in [0.717, 1.165) is 5.56 Å². The van der Waals surface area contributed by atoms with E-state index in [4.69, 9.17) is 11.6 Å². The molecule has 0 aromatic heterocycles. The van der Waals surface area contributed by atoms with Gasteiger partial charge < -0.3 is 20.8 Å². The van der Waals surface area contributed by atoms with Gasteiger partial charge in [0, 0.05) is 16.9 Å². The van der Waals surface area contributed by atoms with Crippen molar-refractivity contribution in [2.45, 2.75) is 39.8 Å². The third-order valence-corrected chi connectivity index (χ3v) is 4.81. The Hall–Kier alpha value is -2.48. The van der Waals surface area contributed by atoms with Gasteiger partial charge in [0.25, 0.3) is 0 Å². The summed E-state index contributed by atoms with van der Waals surface area (Å²) in [5.74, 6) is -0.805. The summed E-state index contributed by atoms with van der Waals surface area (Å²) in [5.41, 5.74) is 1.50. The Morgan fingerprint density at radius 2 is 1.31 bits per heavy atom. The van der Waals surface area contributed by atoms with E-state index in [2.05, 4.69) is 10.6 Å². The monoisotopic (exact) mass is 466 g/mol. The molecule has 2 aromatic carbocycles. The summed E-state index contributed by atoms with van der Waals surface area (Å²) in [5, 5.41) is 24.5. The third kappa shape index (κ3) is 9.34. The number of hydrogen-bond acceptors (Lipinski definition) is 4. The van der Waals surface area contributed by atoms with Crippen LogP contribution in [0.2, 0.25) is 5.02 Å². The normalized spacial score (nSPS) is 12.6. The van der Waals surface area contributed by atoms with Crippen LogP contribution in [0.4, 0.5) is 4.39 Å². The van der Waals surface area contributed by atoms with Gasteiger partial charge in [-0.25, -0.2) is 4.39 Å². The highest BCUT2D eigenvalue weighted by Gasteiger charge is 2.16. The minimum absolute atomic E-state index is 0.0842. The Morgan fingerprint density at radius 3 is 1.72 bits per heavy atom. The fourth-order valence-electron chi connectivity index (χ4n) is 2.56. The van der Waals surface area contributed by atoms with Crippen LogP contribution < -0.4 is 10.6 Å². The minimum Gasteiger partial charge on any atom is -0.394 e. The van der Waals surface area contributed by atoms with Gasteiger partial charge in [-0.3, -0.25) is 9.59 Å². The van der Waals surface area contributed by atoms with Crippen molar-refractivity contribution < 1.29 is 24.2 Å². The van der Waals surface area contributed by atoms with E-state index >= 15 is 0 Å². The maximum atomic E-state index is 12.7. The molecular formula is C24H32ClFN2O4. The lowest BCUT2D eigenvalue weighted by Crippen LogP contribution is -2.33. The lowest BCUT2D eigenvalue weighted by molar-refractivity contribution is -0.125. The van der Waals surface area contributed by atoms with Crippen molar-refractivity contribution in [1.29, 1.82) is 0 Å². The van der Waals surface area contributed by atoms with Crippen molar-refractivity contribution in [3.05, 3.63) is 70.5 Å². The molecule has 2 unspecified atom stereocenters. The third-order valence-electron chi connectivity index (χ3n) is 4.57. The van der Waals surface area contributed by atoms with Crippen molar-refractivity contribution in [2.24, 2.45) is 11.8 Å². The zero-order valence-electron chi connectivity index (χ0n) is 18.8. The van der Waals surface area contributed by atoms with Gasteiger partial charge in [0.2, 0.25) is 11.8 Å². The molecule has 6 nitrogen and oxygen atoms in total. The maximum absolute atomic E-state index is 12.7. The summed E-state index contributed by atoms with van der Waals surface area (Å²) in [7, 11) is 0. The van der Waals surface area contributed by atoms with Gasteiger partial charge >= 0.3 is 0 Å². The van der Waals surface area contributed by atoms with Crippen molar-refractivity contribution in [1.82, 2.24) is 10.6 Å². The fourth-order valence-corrected chi connectivity index (χ4v) is 2.76. The molecule has 0 aliphatic carbocycles. The number of aliphatic hydroxyl groups excluding tert-OH is 2. The van der Waals surface area contributed by atoms with Crippen molar-refractivity contribution in [2.75, 3.05) is 13.2 Å². The largest absolute Gasteiger partial charge is 0.394 e. The number of carbonyl (C=O) groups is 2. The molecular weight excluding hydrogens is 435 g/mol. The number of aliphatic hydroxyl groups is 2. The van der Waals surface area contributed by atoms with Crippen LogP contribution in [0.25, 0.3) is 0 Å². The second-order valence-corrected chi connectivity index (χ2v) is 8.34. The van der Waals surface area contributed by atoms with E-state index in [-0.39, 0.29) is 42.7 Å². The molecule has 2 atom stereocenters. The number of amides is 2. The molecule has 4 N–H and O–H groups in total. The molecule has 0 fully saturated rings. The summed E-state index contributed by atoms with van der Waals surface area (Å²) in [4.78, 5) is 23.0. The Bertz CT molecular complexity index is 859. The fraction of sp³-hybridized carbons (Fsp3) is 0.417. The smallest absolute Gasteiger partial charge is 0.223 e. The Labute approximate surface area is 193 Å². The number of nitrogens with one attached hydrogen (secondary N) is 2. The topological polar surface area (TPSA) is 98.7 Å². The molecule has 2 rings (SSSR count). The summed E-state index contributed by atoms with van der Waals surface area (Å²) in [6.07, 6.45) is 0. The second-order valence-electron chi connectivity index (χ2n) is 7.90. The highest BCUT2D eigenvalue weighted by atomic mass is 35.5. The molecule has 0 bridgehead atoms. The number of benzene rings is 2. The lowest BCUT2D eigenvalue weighted by Gasteiger charge is -2.18. The summed E-state index contributed by atoms with van der Waals surface area (Å²) in [6, 6.07) is 12.0. The second kappa shape index (κ2) is 13.8. The molecule has 0 saturated heterocycles. The van der Waals surface area contributed by atoms with Gasteiger partial charge in [-0.05, 0) is 35.4 Å². The van der Waals surface area contributed by atoms with Crippen LogP contribution in [0.5, 0.6) is 0 Å². The first-order valence-corrected chi connectivity index (χ1v) is 10.8. The van der Waals surface area contributed by atoms with Crippen molar-refractivity contribution in [3.8, 4) is 0 Å². The molecule has 0 heterocycles. The zero-order valence-corrected chi connectivity index (χ0v) is 19.6.